The summed E-state index contributed by atoms with van der Waals surface area (Å²) in [6.45, 7) is 0. The molecule has 0 spiro atoms. The fourth-order valence-corrected chi connectivity index (χ4v) is 1.56. The Hall–Kier alpha value is -2.74. The lowest BCUT2D eigenvalue weighted by Gasteiger charge is -2.09. The first-order valence-corrected chi connectivity index (χ1v) is 6.01. The van der Waals surface area contributed by atoms with Crippen LogP contribution in [0.2, 0.25) is 0 Å². The number of nitrogens with one attached hydrogen (secondary N) is 1. The van der Waals surface area contributed by atoms with Crippen molar-refractivity contribution >= 4 is 11.6 Å². The number of anilines is 1. The van der Waals surface area contributed by atoms with E-state index in [9.17, 15) is 18.0 Å². The summed E-state index contributed by atoms with van der Waals surface area (Å²) >= 11 is 0. The van der Waals surface area contributed by atoms with E-state index in [1.54, 1.807) is 36.4 Å². The van der Waals surface area contributed by atoms with Gasteiger partial charge in [0.25, 0.3) is 0 Å². The Morgan fingerprint density at radius 1 is 0.905 bits per heavy atom. The molecule has 0 saturated heterocycles. The summed E-state index contributed by atoms with van der Waals surface area (Å²) < 4.78 is 36.8. The number of amides is 1. The highest BCUT2D eigenvalue weighted by Crippen LogP contribution is 2.20. The van der Waals surface area contributed by atoms with Crippen molar-refractivity contribution in [2.75, 3.05) is 5.32 Å². The minimum Gasteiger partial charge on any atom is -0.317 e. The quantitative estimate of drug-likeness (QED) is 0.799. The molecule has 2 nitrogen and oxygen atoms in total. The highest BCUT2D eigenvalue weighted by atomic mass is 19.4. The topological polar surface area (TPSA) is 29.1 Å². The number of benzene rings is 2. The second kappa shape index (κ2) is 6.14. The van der Waals surface area contributed by atoms with Gasteiger partial charge in [0.1, 0.15) is 0 Å². The lowest BCUT2D eigenvalue weighted by Crippen LogP contribution is -2.30. The van der Waals surface area contributed by atoms with E-state index in [-0.39, 0.29) is 5.69 Å². The van der Waals surface area contributed by atoms with Gasteiger partial charge in [-0.2, -0.15) is 13.2 Å². The number of carbonyl (C=O) groups is 1. The molecule has 0 aliphatic carbocycles. The van der Waals surface area contributed by atoms with Gasteiger partial charge in [0.15, 0.2) is 0 Å². The zero-order valence-electron chi connectivity index (χ0n) is 10.7. The molecule has 21 heavy (non-hydrogen) atoms. The fraction of sp³-hybridized carbons (Fsp3) is 0.0625. The number of alkyl halides is 3. The van der Waals surface area contributed by atoms with E-state index in [0.29, 0.717) is 5.56 Å². The number of halogens is 3. The SMILES string of the molecule is O=C(Nc1ccccc1C#Cc1ccccc1)C(F)(F)F. The third-order valence-corrected chi connectivity index (χ3v) is 2.55. The van der Waals surface area contributed by atoms with Crippen LogP contribution in [-0.4, -0.2) is 12.1 Å². The van der Waals surface area contributed by atoms with Gasteiger partial charge in [-0.3, -0.25) is 4.79 Å². The van der Waals surface area contributed by atoms with Crippen LogP contribution in [0.1, 0.15) is 11.1 Å². The first-order valence-electron chi connectivity index (χ1n) is 6.01. The van der Waals surface area contributed by atoms with Crippen LogP contribution in [0.15, 0.2) is 54.6 Å². The lowest BCUT2D eigenvalue weighted by atomic mass is 10.1. The first-order chi connectivity index (χ1) is 9.97. The molecule has 0 saturated carbocycles. The predicted molar refractivity (Wildman–Crippen MR) is 73.5 cm³/mol. The zero-order chi connectivity index (χ0) is 15.3. The van der Waals surface area contributed by atoms with Crippen LogP contribution in [0.25, 0.3) is 0 Å². The van der Waals surface area contributed by atoms with Gasteiger partial charge in [0.05, 0.1) is 5.69 Å². The fourth-order valence-electron chi connectivity index (χ4n) is 1.56. The molecule has 0 unspecified atom stereocenters. The number of rotatable bonds is 1. The summed E-state index contributed by atoms with van der Waals surface area (Å²) in [4.78, 5) is 11.0. The molecule has 0 bridgehead atoms. The maximum absolute atomic E-state index is 12.3. The summed E-state index contributed by atoms with van der Waals surface area (Å²) in [5, 5.41) is 1.82. The second-order valence-electron chi connectivity index (χ2n) is 4.11. The van der Waals surface area contributed by atoms with Crippen LogP contribution in [0.5, 0.6) is 0 Å². The van der Waals surface area contributed by atoms with E-state index < -0.39 is 12.1 Å². The average molecular weight is 289 g/mol. The summed E-state index contributed by atoms with van der Waals surface area (Å²) in [6, 6.07) is 15.1. The van der Waals surface area contributed by atoms with Gasteiger partial charge >= 0.3 is 12.1 Å². The molecule has 0 aromatic heterocycles. The third-order valence-electron chi connectivity index (χ3n) is 2.55. The van der Waals surface area contributed by atoms with Crippen molar-refractivity contribution in [1.82, 2.24) is 0 Å². The van der Waals surface area contributed by atoms with Gasteiger partial charge in [-0.1, -0.05) is 42.2 Å². The molecule has 0 heterocycles. The Morgan fingerprint density at radius 2 is 1.52 bits per heavy atom. The largest absolute Gasteiger partial charge is 0.471 e. The van der Waals surface area contributed by atoms with Gasteiger partial charge in [0.2, 0.25) is 0 Å². The molecule has 0 fully saturated rings. The molecule has 0 aliphatic heterocycles. The van der Waals surface area contributed by atoms with E-state index in [1.807, 2.05) is 11.4 Å². The number of hydrogen-bond acceptors (Lipinski definition) is 1. The number of carbonyl (C=O) groups excluding carboxylic acids is 1. The van der Waals surface area contributed by atoms with Crippen LogP contribution in [0.4, 0.5) is 18.9 Å². The van der Waals surface area contributed by atoms with E-state index in [1.165, 1.54) is 12.1 Å². The maximum Gasteiger partial charge on any atom is 0.471 e. The average Bonchev–Trinajstić information content (AvgIpc) is 2.46. The van der Waals surface area contributed by atoms with Crippen molar-refractivity contribution in [2.45, 2.75) is 6.18 Å². The highest BCUT2D eigenvalue weighted by Gasteiger charge is 2.38. The number of hydrogen-bond donors (Lipinski definition) is 1. The molecule has 0 atom stereocenters. The second-order valence-corrected chi connectivity index (χ2v) is 4.11. The van der Waals surface area contributed by atoms with Crippen molar-refractivity contribution in [3.05, 3.63) is 65.7 Å². The Bertz CT molecular complexity index is 697. The lowest BCUT2D eigenvalue weighted by molar-refractivity contribution is -0.167. The van der Waals surface area contributed by atoms with E-state index >= 15 is 0 Å². The molecule has 2 rings (SSSR count). The molecule has 1 amide bonds. The predicted octanol–water partition coefficient (Wildman–Crippen LogP) is 3.59. The Labute approximate surface area is 119 Å². The summed E-state index contributed by atoms with van der Waals surface area (Å²) in [7, 11) is 0. The van der Waals surface area contributed by atoms with Crippen molar-refractivity contribution < 1.29 is 18.0 Å². The summed E-state index contributed by atoms with van der Waals surface area (Å²) in [6.07, 6.45) is -4.93. The van der Waals surface area contributed by atoms with Gasteiger partial charge in [-0.05, 0) is 24.3 Å². The molecule has 5 heteroatoms. The van der Waals surface area contributed by atoms with Crippen molar-refractivity contribution in [1.29, 1.82) is 0 Å². The van der Waals surface area contributed by atoms with E-state index in [4.69, 9.17) is 0 Å². The molecule has 106 valence electrons. The minimum atomic E-state index is -4.93. The van der Waals surface area contributed by atoms with Crippen molar-refractivity contribution in [3.63, 3.8) is 0 Å². The van der Waals surface area contributed by atoms with Gasteiger partial charge < -0.3 is 5.32 Å². The molecule has 0 aliphatic rings. The molecule has 2 aromatic carbocycles. The zero-order valence-corrected chi connectivity index (χ0v) is 10.7. The van der Waals surface area contributed by atoms with Crippen molar-refractivity contribution in [3.8, 4) is 11.8 Å². The molecule has 2 aromatic rings. The van der Waals surface area contributed by atoms with Crippen LogP contribution in [-0.2, 0) is 4.79 Å². The highest BCUT2D eigenvalue weighted by molar-refractivity contribution is 5.96. The minimum absolute atomic E-state index is 0.0308. The molecule has 1 N–H and O–H groups in total. The third kappa shape index (κ3) is 4.11. The van der Waals surface area contributed by atoms with Crippen LogP contribution < -0.4 is 5.32 Å². The molecule has 0 radical (unpaired) electrons. The van der Waals surface area contributed by atoms with Crippen LogP contribution >= 0.6 is 0 Å². The van der Waals surface area contributed by atoms with Gasteiger partial charge in [0, 0.05) is 11.1 Å². The van der Waals surface area contributed by atoms with Crippen molar-refractivity contribution in [2.24, 2.45) is 0 Å². The van der Waals surface area contributed by atoms with Crippen LogP contribution in [0, 0.1) is 11.8 Å². The number of para-hydroxylation sites is 1. The smallest absolute Gasteiger partial charge is 0.317 e. The Balaban J connectivity index is 2.26. The Kier molecular flexibility index (Phi) is 4.29. The standard InChI is InChI=1S/C16H10F3NO/c17-16(18,19)15(21)20-14-9-5-4-8-13(14)11-10-12-6-2-1-3-7-12/h1-9H,(H,20,21). The normalized spacial score (nSPS) is 10.4. The summed E-state index contributed by atoms with van der Waals surface area (Å²) in [5.74, 6) is 3.57. The van der Waals surface area contributed by atoms with E-state index in [2.05, 4.69) is 11.8 Å². The van der Waals surface area contributed by atoms with Gasteiger partial charge in [-0.25, -0.2) is 0 Å². The monoisotopic (exact) mass is 289 g/mol. The van der Waals surface area contributed by atoms with Gasteiger partial charge in [-0.15, -0.1) is 0 Å². The summed E-state index contributed by atoms with van der Waals surface area (Å²) in [5.41, 5.74) is 1.08. The first kappa shape index (κ1) is 14.7. The molecular weight excluding hydrogens is 279 g/mol. The van der Waals surface area contributed by atoms with E-state index in [0.717, 1.165) is 5.56 Å². The maximum atomic E-state index is 12.3. The molecular formula is C16H10F3NO. The Morgan fingerprint density at radius 3 is 2.19 bits per heavy atom. The van der Waals surface area contributed by atoms with Crippen LogP contribution in [0.3, 0.4) is 0 Å².